The summed E-state index contributed by atoms with van der Waals surface area (Å²) in [6.45, 7) is 11.6. The molecule has 0 fully saturated rings. The number of benzene rings is 8. The van der Waals surface area contributed by atoms with E-state index >= 15 is 0 Å². The van der Waals surface area contributed by atoms with Gasteiger partial charge >= 0.3 is 0 Å². The first kappa shape index (κ1) is 37.9. The maximum Gasteiger partial charge on any atom is 0.187 e. The van der Waals surface area contributed by atoms with Crippen LogP contribution in [0.5, 0.6) is 0 Å². The molecule has 0 radical (unpaired) electrons. The molecule has 1 spiro atoms. The number of hydrogen-bond donors (Lipinski definition) is 0. The van der Waals surface area contributed by atoms with Crippen LogP contribution in [-0.2, 0) is 5.41 Å². The SMILES string of the molecule is [C-]#[N+]c1ccc(N(c2ccc(C)nc2)c2ccc3c4c(c5ccccc5c3c2)-c2ccc(N(c3ccc(C#N)cc3)c3ccc(C)nc3)cc2C42c3ccccc3-c3ccccc32)cc1. The van der Waals surface area contributed by atoms with Crippen LogP contribution in [0.25, 0.3) is 48.6 Å². The number of aromatic nitrogens is 2. The molecule has 0 amide bonds. The van der Waals surface area contributed by atoms with Crippen LogP contribution in [0.4, 0.5) is 39.8 Å². The van der Waals surface area contributed by atoms with Gasteiger partial charge in [-0.3, -0.25) is 9.97 Å². The molecule has 0 saturated carbocycles. The van der Waals surface area contributed by atoms with Crippen molar-refractivity contribution in [3.8, 4) is 28.3 Å². The molecule has 2 aliphatic rings. The van der Waals surface area contributed by atoms with Crippen LogP contribution in [0.3, 0.4) is 0 Å². The van der Waals surface area contributed by atoms with E-state index in [0.717, 1.165) is 50.9 Å². The Labute approximate surface area is 377 Å². The first-order chi connectivity index (χ1) is 32.0. The highest BCUT2D eigenvalue weighted by Gasteiger charge is 2.53. The van der Waals surface area contributed by atoms with Gasteiger partial charge in [-0.05, 0) is 165 Å². The van der Waals surface area contributed by atoms with Crippen molar-refractivity contribution in [3.63, 3.8) is 0 Å². The van der Waals surface area contributed by atoms with E-state index in [-0.39, 0.29) is 0 Å². The molecule has 2 aliphatic carbocycles. The second kappa shape index (κ2) is 14.6. The minimum absolute atomic E-state index is 0.594. The van der Waals surface area contributed by atoms with E-state index in [4.69, 9.17) is 16.5 Å². The molecule has 6 nitrogen and oxygen atoms in total. The standard InChI is InChI=1S/C59H38N6/c1-37-16-22-45(35-62-37)64(42-26-20-40(61-3)21-27-42)43-28-30-51-53(32-43)47-10-4-5-13-50(47)57-52-31-29-44(65(46-23-17-38(2)63-36-46)41-24-18-39(34-60)19-25-41)33-56(52)59(58(51)57)54-14-8-6-11-48(54)49-12-7-9-15-55(49)59/h4-33,35-36H,1-2H3. The molecule has 0 N–H and O–H groups in total. The highest BCUT2D eigenvalue weighted by Crippen LogP contribution is 2.66. The fourth-order valence-corrected chi connectivity index (χ4v) is 10.6. The summed E-state index contributed by atoms with van der Waals surface area (Å²) >= 11 is 0. The van der Waals surface area contributed by atoms with Crippen LogP contribution < -0.4 is 9.80 Å². The fourth-order valence-electron chi connectivity index (χ4n) is 10.6. The molecule has 0 bridgehead atoms. The molecule has 0 unspecified atom stereocenters. The quantitative estimate of drug-likeness (QED) is 0.123. The normalized spacial score (nSPS) is 12.6. The minimum atomic E-state index is -0.671. The lowest BCUT2D eigenvalue weighted by molar-refractivity contribution is 0.801. The highest BCUT2D eigenvalue weighted by atomic mass is 15.2. The molecule has 2 aromatic heterocycles. The van der Waals surface area contributed by atoms with Crippen molar-refractivity contribution in [2.45, 2.75) is 19.3 Å². The van der Waals surface area contributed by atoms with Gasteiger partial charge in [0.15, 0.2) is 5.69 Å². The zero-order valence-electron chi connectivity index (χ0n) is 35.7. The van der Waals surface area contributed by atoms with E-state index in [1.807, 2.05) is 86.9 Å². The molecule has 6 heteroatoms. The maximum atomic E-state index is 9.74. The third-order valence-electron chi connectivity index (χ3n) is 13.3. The maximum absolute atomic E-state index is 9.74. The summed E-state index contributed by atoms with van der Waals surface area (Å²) in [5, 5.41) is 14.4. The molecule has 2 heterocycles. The first-order valence-corrected chi connectivity index (χ1v) is 21.7. The summed E-state index contributed by atoms with van der Waals surface area (Å²) in [5.41, 5.74) is 18.1. The third-order valence-corrected chi connectivity index (χ3v) is 13.3. The topological polar surface area (TPSA) is 60.4 Å². The molecular weight excluding hydrogens is 793 g/mol. The summed E-state index contributed by atoms with van der Waals surface area (Å²) < 4.78 is 0. The predicted molar refractivity (Wildman–Crippen MR) is 263 cm³/mol. The summed E-state index contributed by atoms with van der Waals surface area (Å²) in [6, 6.07) is 66.8. The smallest absolute Gasteiger partial charge is 0.187 e. The van der Waals surface area contributed by atoms with Crippen LogP contribution in [-0.4, -0.2) is 9.97 Å². The van der Waals surface area contributed by atoms with Gasteiger partial charge in [-0.1, -0.05) is 97.1 Å². The van der Waals surface area contributed by atoms with Crippen LogP contribution in [0.1, 0.15) is 39.2 Å². The van der Waals surface area contributed by atoms with Gasteiger partial charge in [-0.2, -0.15) is 5.26 Å². The van der Waals surface area contributed by atoms with Gasteiger partial charge < -0.3 is 9.80 Å². The van der Waals surface area contributed by atoms with Crippen LogP contribution in [0, 0.1) is 31.8 Å². The molecule has 0 atom stereocenters. The Balaban J connectivity index is 1.17. The van der Waals surface area contributed by atoms with Crippen molar-refractivity contribution < 1.29 is 0 Å². The number of hydrogen-bond acceptors (Lipinski definition) is 5. The molecule has 8 aromatic carbocycles. The van der Waals surface area contributed by atoms with E-state index in [0.29, 0.717) is 11.3 Å². The number of nitrogens with zero attached hydrogens (tertiary/aromatic N) is 6. The van der Waals surface area contributed by atoms with Gasteiger partial charge in [-0.25, -0.2) is 4.85 Å². The van der Waals surface area contributed by atoms with Gasteiger partial charge in [0.25, 0.3) is 0 Å². The number of nitriles is 1. The van der Waals surface area contributed by atoms with Crippen molar-refractivity contribution >= 4 is 61.4 Å². The Morgan fingerprint density at radius 3 is 1.58 bits per heavy atom. The molecule has 10 aromatic rings. The lowest BCUT2D eigenvalue weighted by atomic mass is 9.69. The van der Waals surface area contributed by atoms with E-state index in [1.165, 1.54) is 60.7 Å². The predicted octanol–water partition coefficient (Wildman–Crippen LogP) is 15.1. The average Bonchev–Trinajstić information content (AvgIpc) is 3.83. The minimum Gasteiger partial charge on any atom is -0.309 e. The van der Waals surface area contributed by atoms with Crippen LogP contribution >= 0.6 is 0 Å². The first-order valence-electron chi connectivity index (χ1n) is 21.7. The van der Waals surface area contributed by atoms with E-state index < -0.39 is 5.41 Å². The Bertz CT molecular complexity index is 3590. The van der Waals surface area contributed by atoms with Gasteiger partial charge in [0.05, 0.1) is 47.4 Å². The average molecular weight is 831 g/mol. The van der Waals surface area contributed by atoms with Crippen molar-refractivity contribution in [2.24, 2.45) is 0 Å². The van der Waals surface area contributed by atoms with Crippen molar-refractivity contribution in [1.82, 2.24) is 9.97 Å². The Hall–Kier alpha value is -8.84. The number of anilines is 6. The lowest BCUT2D eigenvalue weighted by Gasteiger charge is -2.33. The highest BCUT2D eigenvalue weighted by molar-refractivity contribution is 6.20. The van der Waals surface area contributed by atoms with Crippen molar-refractivity contribution in [2.75, 3.05) is 9.80 Å². The van der Waals surface area contributed by atoms with E-state index in [9.17, 15) is 5.26 Å². The van der Waals surface area contributed by atoms with Gasteiger partial charge in [0.2, 0.25) is 0 Å². The Morgan fingerprint density at radius 1 is 0.477 bits per heavy atom. The summed E-state index contributed by atoms with van der Waals surface area (Å²) in [6.07, 6.45) is 3.85. The summed E-state index contributed by atoms with van der Waals surface area (Å²) in [5.74, 6) is 0. The molecule has 12 rings (SSSR count). The molecule has 0 aliphatic heterocycles. The van der Waals surface area contributed by atoms with Gasteiger partial charge in [-0.15, -0.1) is 0 Å². The Kier molecular flexibility index (Phi) is 8.53. The lowest BCUT2D eigenvalue weighted by Crippen LogP contribution is -2.26. The summed E-state index contributed by atoms with van der Waals surface area (Å²) in [7, 11) is 0. The van der Waals surface area contributed by atoms with Gasteiger partial charge in [0.1, 0.15) is 0 Å². The largest absolute Gasteiger partial charge is 0.309 e. The molecule has 304 valence electrons. The monoisotopic (exact) mass is 830 g/mol. The van der Waals surface area contributed by atoms with Gasteiger partial charge in [0, 0.05) is 34.1 Å². The summed E-state index contributed by atoms with van der Waals surface area (Å²) in [4.78, 5) is 17.6. The molecule has 0 saturated heterocycles. The van der Waals surface area contributed by atoms with Crippen LogP contribution in [0.15, 0.2) is 194 Å². The zero-order chi connectivity index (χ0) is 43.8. The number of rotatable bonds is 6. The van der Waals surface area contributed by atoms with E-state index in [2.05, 4.69) is 142 Å². The molecule has 65 heavy (non-hydrogen) atoms. The number of aryl methyl sites for hydroxylation is 2. The second-order valence-electron chi connectivity index (χ2n) is 16.9. The zero-order valence-corrected chi connectivity index (χ0v) is 35.7. The van der Waals surface area contributed by atoms with Crippen LogP contribution in [0.2, 0.25) is 0 Å². The van der Waals surface area contributed by atoms with Crippen molar-refractivity contribution in [1.29, 1.82) is 5.26 Å². The van der Waals surface area contributed by atoms with E-state index in [1.54, 1.807) is 0 Å². The second-order valence-corrected chi connectivity index (χ2v) is 16.9. The Morgan fingerprint density at radius 2 is 1.00 bits per heavy atom. The fraction of sp³-hybridized carbons (Fsp3) is 0.0508. The number of pyridine rings is 2. The molecular formula is C59H38N6. The van der Waals surface area contributed by atoms with Crippen molar-refractivity contribution in [3.05, 3.63) is 245 Å². The number of fused-ring (bicyclic) bond motifs is 15. The third kappa shape index (κ3) is 5.65.